The maximum atomic E-state index is 9.42. The number of hydrogen-bond acceptors (Lipinski definition) is 6. The van der Waals surface area contributed by atoms with Gasteiger partial charge in [0.2, 0.25) is 0 Å². The topological polar surface area (TPSA) is 99.4 Å². The minimum atomic E-state index is -1.51. The van der Waals surface area contributed by atoms with Gasteiger partial charge in [-0.25, -0.2) is 0 Å². The first-order valence-corrected chi connectivity index (χ1v) is 8.31. The maximum absolute atomic E-state index is 9.42. The van der Waals surface area contributed by atoms with Gasteiger partial charge in [0.25, 0.3) is 0 Å². The van der Waals surface area contributed by atoms with Crippen molar-refractivity contribution in [3.05, 3.63) is 48.5 Å². The molecule has 0 saturated carbocycles. The molecule has 0 unspecified atom stereocenters. The van der Waals surface area contributed by atoms with E-state index in [4.69, 9.17) is 24.5 Å². The fourth-order valence-electron chi connectivity index (χ4n) is 2.34. The average molecular weight is 358 g/mol. The highest BCUT2D eigenvalue weighted by molar-refractivity contribution is 6.62. The van der Waals surface area contributed by atoms with Crippen molar-refractivity contribution >= 4 is 25.2 Å². The van der Waals surface area contributed by atoms with Crippen LogP contribution in [0.1, 0.15) is 27.7 Å². The molecule has 0 bridgehead atoms. The Hall–Kier alpha value is -1.99. The van der Waals surface area contributed by atoms with Crippen molar-refractivity contribution in [1.82, 2.24) is 0 Å². The number of hydrogen-bond donors (Lipinski definition) is 4. The zero-order chi connectivity index (χ0) is 19.5. The van der Waals surface area contributed by atoms with E-state index in [1.807, 2.05) is 33.8 Å². The Bertz CT molecular complexity index is 732. The molecule has 138 valence electrons. The molecule has 0 atom stereocenters. The summed E-state index contributed by atoms with van der Waals surface area (Å²) in [5.41, 5.74) is 0.449. The molecule has 0 aromatic heterocycles. The highest BCUT2D eigenvalue weighted by atomic mass is 16.7. The minimum absolute atomic E-state index is 0.0330. The summed E-state index contributed by atoms with van der Waals surface area (Å²) in [6, 6.07) is 12.8. The van der Waals surface area contributed by atoms with E-state index >= 15 is 0 Å². The van der Waals surface area contributed by atoms with Gasteiger partial charge in [0.1, 0.15) is 11.5 Å². The van der Waals surface area contributed by atoms with Gasteiger partial charge < -0.3 is 29.6 Å². The first kappa shape index (κ1) is 20.3. The van der Waals surface area contributed by atoms with Crippen LogP contribution in [0.4, 0.5) is 0 Å². The van der Waals surface area contributed by atoms with E-state index < -0.39 is 14.2 Å². The van der Waals surface area contributed by atoms with E-state index in [0.29, 0.717) is 5.46 Å². The van der Waals surface area contributed by atoms with Crippen LogP contribution < -0.4 is 10.9 Å². The van der Waals surface area contributed by atoms with Crippen LogP contribution >= 0.6 is 0 Å². The zero-order valence-electron chi connectivity index (χ0n) is 15.4. The monoisotopic (exact) mass is 358 g/mol. The lowest BCUT2D eigenvalue weighted by Crippen LogP contribution is -2.41. The molecule has 2 aromatic rings. The molecule has 1 saturated heterocycles. The molecule has 1 heterocycles. The van der Waals surface area contributed by atoms with E-state index in [2.05, 4.69) is 0 Å². The average Bonchev–Trinajstić information content (AvgIpc) is 2.76. The second-order valence-corrected chi connectivity index (χ2v) is 7.15. The second-order valence-electron chi connectivity index (χ2n) is 7.15. The summed E-state index contributed by atoms with van der Waals surface area (Å²) >= 11 is 0. The number of phenols is 2. The molecule has 0 amide bonds. The predicted molar refractivity (Wildman–Crippen MR) is 102 cm³/mol. The third-order valence-corrected chi connectivity index (χ3v) is 4.56. The van der Waals surface area contributed by atoms with E-state index in [0.717, 1.165) is 5.46 Å². The van der Waals surface area contributed by atoms with E-state index in [1.165, 1.54) is 18.2 Å². The molecule has 6 nitrogen and oxygen atoms in total. The van der Waals surface area contributed by atoms with E-state index in [9.17, 15) is 5.11 Å². The Kier molecular flexibility index (Phi) is 6.03. The summed E-state index contributed by atoms with van der Waals surface area (Å²) in [6.07, 6.45) is 0. The van der Waals surface area contributed by atoms with E-state index in [-0.39, 0.29) is 22.7 Å². The molecule has 0 aliphatic carbocycles. The van der Waals surface area contributed by atoms with Crippen molar-refractivity contribution in [3.63, 3.8) is 0 Å². The molecule has 3 rings (SSSR count). The van der Waals surface area contributed by atoms with Gasteiger partial charge in [-0.2, -0.15) is 0 Å². The predicted octanol–water partition coefficient (Wildman–Crippen LogP) is 0.763. The Morgan fingerprint density at radius 3 is 1.73 bits per heavy atom. The summed E-state index contributed by atoms with van der Waals surface area (Å²) < 4.78 is 11.7. The number of rotatable bonds is 2. The Morgan fingerprint density at radius 1 is 0.808 bits per heavy atom. The van der Waals surface area contributed by atoms with Gasteiger partial charge in [-0.05, 0) is 62.9 Å². The summed E-state index contributed by atoms with van der Waals surface area (Å²) in [7, 11) is -1.91. The van der Waals surface area contributed by atoms with Crippen molar-refractivity contribution in [2.75, 3.05) is 0 Å². The third-order valence-electron chi connectivity index (χ3n) is 4.56. The van der Waals surface area contributed by atoms with Crippen molar-refractivity contribution in [2.45, 2.75) is 38.9 Å². The highest BCUT2D eigenvalue weighted by Gasteiger charge is 2.51. The van der Waals surface area contributed by atoms with Crippen molar-refractivity contribution in [2.24, 2.45) is 0 Å². The Morgan fingerprint density at radius 2 is 1.31 bits per heavy atom. The van der Waals surface area contributed by atoms with Crippen LogP contribution in [-0.4, -0.2) is 45.7 Å². The first-order valence-electron chi connectivity index (χ1n) is 8.31. The van der Waals surface area contributed by atoms with Crippen LogP contribution in [-0.2, 0) is 9.31 Å². The Balaban J connectivity index is 0.000000209. The molecule has 0 spiro atoms. The van der Waals surface area contributed by atoms with Gasteiger partial charge in [-0.1, -0.05) is 24.3 Å². The molecule has 1 aliphatic heterocycles. The van der Waals surface area contributed by atoms with Gasteiger partial charge in [0.15, 0.2) is 0 Å². The lowest BCUT2D eigenvalue weighted by molar-refractivity contribution is 0.00578. The second kappa shape index (κ2) is 7.72. The molecule has 26 heavy (non-hydrogen) atoms. The largest absolute Gasteiger partial charge is 0.508 e. The summed E-state index contributed by atoms with van der Waals surface area (Å²) in [6.45, 7) is 8.04. The summed E-state index contributed by atoms with van der Waals surface area (Å²) in [5.74, 6) is 0.262. The molecule has 2 aromatic carbocycles. The Labute approximate surface area is 154 Å². The summed E-state index contributed by atoms with van der Waals surface area (Å²) in [4.78, 5) is 0. The SMILES string of the molecule is CC1(C)OB(c2cccc(O)c2)OC1(C)C.OB(O)c1cccc(O)c1. The number of benzene rings is 2. The van der Waals surface area contributed by atoms with Gasteiger partial charge in [-0.3, -0.25) is 0 Å². The number of phenolic OH excluding ortho intramolecular Hbond substituents is 2. The van der Waals surface area contributed by atoms with Crippen LogP contribution in [0, 0.1) is 0 Å². The number of aromatic hydroxyl groups is 2. The fourth-order valence-corrected chi connectivity index (χ4v) is 2.34. The smallest absolute Gasteiger partial charge is 0.494 e. The van der Waals surface area contributed by atoms with Crippen molar-refractivity contribution in [1.29, 1.82) is 0 Å². The molecular formula is C18H24B2O6. The quantitative estimate of drug-likeness (QED) is 0.592. The fraction of sp³-hybridized carbons (Fsp3) is 0.333. The van der Waals surface area contributed by atoms with Crippen LogP contribution in [0.25, 0.3) is 0 Å². The van der Waals surface area contributed by atoms with Gasteiger partial charge in [0.05, 0.1) is 11.2 Å². The lowest BCUT2D eigenvalue weighted by Gasteiger charge is -2.32. The molecule has 1 aliphatic rings. The van der Waals surface area contributed by atoms with Crippen LogP contribution in [0.5, 0.6) is 11.5 Å². The first-order chi connectivity index (χ1) is 12.0. The maximum Gasteiger partial charge on any atom is 0.494 e. The zero-order valence-corrected chi connectivity index (χ0v) is 15.4. The standard InChI is InChI=1S/C12H17BO3.C6H7BO3/c1-11(2)12(3,4)16-13(15-11)9-6-5-7-10(14)8-9;8-6-3-1-2-5(4-6)7(9)10/h5-8,14H,1-4H3;1-4,8-10H. The third kappa shape index (κ3) is 4.80. The lowest BCUT2D eigenvalue weighted by atomic mass is 9.79. The van der Waals surface area contributed by atoms with Crippen molar-refractivity contribution < 1.29 is 29.6 Å². The summed E-state index contributed by atoms with van der Waals surface area (Å²) in [5, 5.41) is 35.4. The van der Waals surface area contributed by atoms with Gasteiger partial charge in [-0.15, -0.1) is 0 Å². The van der Waals surface area contributed by atoms with Crippen LogP contribution in [0.3, 0.4) is 0 Å². The van der Waals surface area contributed by atoms with Gasteiger partial charge >= 0.3 is 14.2 Å². The van der Waals surface area contributed by atoms with Crippen molar-refractivity contribution in [3.8, 4) is 11.5 Å². The highest BCUT2D eigenvalue weighted by Crippen LogP contribution is 2.36. The molecule has 1 fully saturated rings. The van der Waals surface area contributed by atoms with Gasteiger partial charge in [0, 0.05) is 0 Å². The molecule has 8 heteroatoms. The minimum Gasteiger partial charge on any atom is -0.508 e. The van der Waals surface area contributed by atoms with Crippen LogP contribution in [0.2, 0.25) is 0 Å². The van der Waals surface area contributed by atoms with Crippen LogP contribution in [0.15, 0.2) is 48.5 Å². The normalized spacial score (nSPS) is 17.4. The van der Waals surface area contributed by atoms with E-state index in [1.54, 1.807) is 24.3 Å². The molecular weight excluding hydrogens is 334 g/mol. The molecule has 4 N–H and O–H groups in total. The molecule has 0 radical (unpaired) electrons.